The maximum atomic E-state index is 12.5. The number of nitrogens with two attached hydrogens (primary N) is 1. The van der Waals surface area contributed by atoms with Gasteiger partial charge in [-0.25, -0.2) is 0 Å². The zero-order valence-corrected chi connectivity index (χ0v) is 25.1. The van der Waals surface area contributed by atoms with Crippen LogP contribution in [0.4, 0.5) is 0 Å². The number of hydrogen-bond donors (Lipinski definition) is 3. The second-order valence-corrected chi connectivity index (χ2v) is 14.2. The molecule has 6 rings (SSSR count). The number of likely N-dealkylation sites (tertiary alicyclic amines) is 1. The summed E-state index contributed by atoms with van der Waals surface area (Å²) in [5.74, 6) is 1.59. The van der Waals surface area contributed by atoms with E-state index in [2.05, 4.69) is 70.9 Å². The van der Waals surface area contributed by atoms with E-state index < -0.39 is 0 Å². The first-order valence-electron chi connectivity index (χ1n) is 15.3. The van der Waals surface area contributed by atoms with Crippen molar-refractivity contribution in [2.24, 2.45) is 11.7 Å². The first-order chi connectivity index (χ1) is 19.4. The van der Waals surface area contributed by atoms with Gasteiger partial charge >= 0.3 is 0 Å². The van der Waals surface area contributed by atoms with E-state index in [1.807, 2.05) is 4.90 Å². The number of aryl methyl sites for hydroxylation is 1. The summed E-state index contributed by atoms with van der Waals surface area (Å²) in [6.07, 6.45) is 8.63. The zero-order chi connectivity index (χ0) is 27.9. The molecule has 4 aliphatic heterocycles. The molecule has 1 saturated carbocycles. The van der Waals surface area contributed by atoms with Crippen molar-refractivity contribution in [2.75, 3.05) is 46.4 Å². The lowest BCUT2D eigenvalue weighted by atomic mass is 9.72. The minimum absolute atomic E-state index is 0.00414. The van der Waals surface area contributed by atoms with Crippen LogP contribution in [-0.4, -0.2) is 102 Å². The number of fused-ring (bicyclic) bond motifs is 2. The average molecular weight is 569 g/mol. The third-order valence-corrected chi connectivity index (χ3v) is 12.0. The van der Waals surface area contributed by atoms with Crippen LogP contribution in [-0.2, 0) is 21.7 Å². The van der Waals surface area contributed by atoms with Crippen LogP contribution < -0.4 is 16.4 Å². The van der Waals surface area contributed by atoms with Crippen molar-refractivity contribution in [3.8, 4) is 0 Å². The van der Waals surface area contributed by atoms with Crippen LogP contribution in [0, 0.1) is 12.8 Å². The van der Waals surface area contributed by atoms with Crippen molar-refractivity contribution >= 4 is 17.7 Å². The monoisotopic (exact) mass is 568 g/mol. The molecule has 0 bridgehead atoms. The summed E-state index contributed by atoms with van der Waals surface area (Å²) in [4.78, 5) is 19.4. The molecule has 3 saturated heterocycles. The molecule has 7 atom stereocenters. The van der Waals surface area contributed by atoms with Crippen LogP contribution in [0.1, 0.15) is 48.8 Å². The summed E-state index contributed by atoms with van der Waals surface area (Å²) in [6.45, 7) is 10.6. The Kier molecular flexibility index (Phi) is 8.62. The van der Waals surface area contributed by atoms with Gasteiger partial charge in [0.2, 0.25) is 5.91 Å². The van der Waals surface area contributed by atoms with Crippen LogP contribution in [0.5, 0.6) is 0 Å². The highest BCUT2D eigenvalue weighted by molar-refractivity contribution is 8.00. The van der Waals surface area contributed by atoms with E-state index in [4.69, 9.17) is 10.5 Å². The lowest BCUT2D eigenvalue weighted by Gasteiger charge is -2.56. The summed E-state index contributed by atoms with van der Waals surface area (Å²) in [6, 6.07) is 7.72. The predicted molar refractivity (Wildman–Crippen MR) is 162 cm³/mol. The van der Waals surface area contributed by atoms with Gasteiger partial charge in [-0.3, -0.25) is 20.3 Å². The molecule has 4 N–H and O–H groups in total. The third kappa shape index (κ3) is 5.63. The van der Waals surface area contributed by atoms with E-state index >= 15 is 0 Å². The number of rotatable bonds is 6. The van der Waals surface area contributed by atoms with Gasteiger partial charge in [-0.1, -0.05) is 24.8 Å². The molecule has 4 heterocycles. The van der Waals surface area contributed by atoms with Crippen molar-refractivity contribution in [1.29, 1.82) is 0 Å². The van der Waals surface area contributed by atoms with Gasteiger partial charge in [-0.05, 0) is 81.8 Å². The highest BCUT2D eigenvalue weighted by Crippen LogP contribution is 2.50. The van der Waals surface area contributed by atoms with E-state index in [0.29, 0.717) is 31.1 Å². The van der Waals surface area contributed by atoms with Gasteiger partial charge < -0.3 is 20.3 Å². The number of carbonyl (C=O) groups is 1. The number of nitrogens with one attached hydrogen (secondary N) is 2. The van der Waals surface area contributed by atoms with Crippen molar-refractivity contribution in [1.82, 2.24) is 25.3 Å². The van der Waals surface area contributed by atoms with Crippen molar-refractivity contribution in [3.05, 3.63) is 47.5 Å². The van der Waals surface area contributed by atoms with Gasteiger partial charge in [0.15, 0.2) is 6.35 Å². The van der Waals surface area contributed by atoms with E-state index in [1.54, 1.807) is 11.1 Å². The lowest BCUT2D eigenvalue weighted by molar-refractivity contribution is -0.135. The van der Waals surface area contributed by atoms with Gasteiger partial charge in [0.25, 0.3) is 0 Å². The standard InChI is InChI=1S/C31H48N6O2S/c1-4-28(38)37-14-13-36(18-24(37)17-32)29-25-10-11-31(15-22-8-5-7-21(2)26(22)20-40-31)16-27(25)33-30(34-29)39-19-23-9-6-12-35(23)3/h4-5,7-8,23-25,27,29-30,33-34H,1,6,9-20,32H2,2-3H3/t23?,24?,25?,27?,29?,30?,31-/m1/s1. The number of carbonyl (C=O) groups excluding carboxylic acids is 1. The summed E-state index contributed by atoms with van der Waals surface area (Å²) in [7, 11) is 2.21. The van der Waals surface area contributed by atoms with E-state index in [0.717, 1.165) is 44.8 Å². The minimum atomic E-state index is -0.178. The van der Waals surface area contributed by atoms with E-state index in [9.17, 15) is 4.79 Å². The smallest absolute Gasteiger partial charge is 0.246 e. The lowest BCUT2D eigenvalue weighted by Crippen LogP contribution is -2.73. The van der Waals surface area contributed by atoms with Gasteiger partial charge in [-0.2, -0.15) is 0 Å². The Hall–Kier alpha value is -1.46. The van der Waals surface area contributed by atoms with Gasteiger partial charge in [-0.15, -0.1) is 11.8 Å². The maximum absolute atomic E-state index is 12.5. The minimum Gasteiger partial charge on any atom is -0.348 e. The Balaban J connectivity index is 1.20. The summed E-state index contributed by atoms with van der Waals surface area (Å²) >= 11 is 2.19. The first-order valence-corrected chi connectivity index (χ1v) is 16.3. The second-order valence-electron chi connectivity index (χ2n) is 12.8. The molecule has 8 nitrogen and oxygen atoms in total. The quantitative estimate of drug-likeness (QED) is 0.451. The molecule has 1 aromatic carbocycles. The van der Waals surface area contributed by atoms with Crippen LogP contribution in [0.2, 0.25) is 0 Å². The topological polar surface area (TPSA) is 86.1 Å². The number of amides is 1. The maximum Gasteiger partial charge on any atom is 0.246 e. The number of nitrogens with zero attached hydrogens (tertiary/aromatic N) is 3. The number of hydrogen-bond acceptors (Lipinski definition) is 8. The van der Waals surface area contributed by atoms with Crippen molar-refractivity contribution in [2.45, 2.75) is 86.6 Å². The van der Waals surface area contributed by atoms with E-state index in [1.165, 1.54) is 37.3 Å². The normalized spacial score (nSPS) is 36.8. The fourth-order valence-corrected chi connectivity index (χ4v) is 9.71. The fourth-order valence-electron chi connectivity index (χ4n) is 8.03. The Labute approximate surface area is 244 Å². The molecular formula is C31H48N6O2S. The highest BCUT2D eigenvalue weighted by Gasteiger charge is 2.50. The largest absolute Gasteiger partial charge is 0.348 e. The molecule has 0 radical (unpaired) electrons. The first kappa shape index (κ1) is 28.6. The predicted octanol–water partition coefficient (Wildman–Crippen LogP) is 2.26. The summed E-state index contributed by atoms with van der Waals surface area (Å²) in [5, 5.41) is 7.82. The molecule has 1 amide bonds. The Morgan fingerprint density at radius 2 is 2.12 bits per heavy atom. The molecule has 4 fully saturated rings. The van der Waals surface area contributed by atoms with Crippen molar-refractivity contribution in [3.63, 3.8) is 0 Å². The van der Waals surface area contributed by atoms with Crippen LogP contribution >= 0.6 is 11.8 Å². The Morgan fingerprint density at radius 3 is 2.90 bits per heavy atom. The molecule has 1 aromatic rings. The molecule has 1 spiro atoms. The second kappa shape index (κ2) is 12.0. The SMILES string of the molecule is C=CC(=O)N1CCN(C2NC(OCC3CCCN3C)NC3C[C@@]4(CCC32)Cc2cccc(C)c2CS4)CC1CN. The molecule has 0 aromatic heterocycles. The van der Waals surface area contributed by atoms with Crippen LogP contribution in [0.3, 0.4) is 0 Å². The number of benzene rings is 1. The van der Waals surface area contributed by atoms with Gasteiger partial charge in [0.05, 0.1) is 18.8 Å². The Morgan fingerprint density at radius 1 is 1.25 bits per heavy atom. The zero-order valence-electron chi connectivity index (χ0n) is 24.3. The number of ether oxygens (including phenoxy) is 1. The van der Waals surface area contributed by atoms with Gasteiger partial charge in [0, 0.05) is 54.7 Å². The molecule has 220 valence electrons. The van der Waals surface area contributed by atoms with Crippen LogP contribution in [0.25, 0.3) is 0 Å². The number of likely N-dealkylation sites (N-methyl/N-ethyl adjacent to an activating group) is 1. The summed E-state index contributed by atoms with van der Waals surface area (Å²) < 4.78 is 6.86. The number of piperazine rings is 1. The van der Waals surface area contributed by atoms with Crippen LogP contribution in [0.15, 0.2) is 30.9 Å². The molecule has 9 heteroatoms. The number of thioether (sulfide) groups is 1. The summed E-state index contributed by atoms with van der Waals surface area (Å²) in [5.41, 5.74) is 10.7. The third-order valence-electron chi connectivity index (χ3n) is 10.4. The molecule has 6 unspecified atom stereocenters. The average Bonchev–Trinajstić information content (AvgIpc) is 3.39. The van der Waals surface area contributed by atoms with Crippen molar-refractivity contribution < 1.29 is 9.53 Å². The highest BCUT2D eigenvalue weighted by atomic mass is 32.2. The molecule has 1 aliphatic carbocycles. The van der Waals surface area contributed by atoms with Gasteiger partial charge in [0.1, 0.15) is 0 Å². The Bertz CT molecular complexity index is 1090. The molecule has 5 aliphatic rings. The molecular weight excluding hydrogens is 520 g/mol. The van der Waals surface area contributed by atoms with E-state index in [-0.39, 0.29) is 29.2 Å². The molecule has 40 heavy (non-hydrogen) atoms. The fraction of sp³-hybridized carbons (Fsp3) is 0.710.